The molecule has 0 aliphatic carbocycles. The molecule has 15 heavy (non-hydrogen) atoms. The normalized spacial score (nSPS) is 22.9. The van der Waals surface area contributed by atoms with Crippen LogP contribution in [-0.4, -0.2) is 42.4 Å². The maximum absolute atomic E-state index is 11.9. The summed E-state index contributed by atoms with van der Waals surface area (Å²) in [5, 5.41) is 0. The van der Waals surface area contributed by atoms with E-state index in [-0.39, 0.29) is 17.7 Å². The molecule has 1 aliphatic heterocycles. The summed E-state index contributed by atoms with van der Waals surface area (Å²) in [5.74, 6) is 0.144. The van der Waals surface area contributed by atoms with E-state index in [1.807, 2.05) is 0 Å². The van der Waals surface area contributed by atoms with Crippen molar-refractivity contribution < 1.29 is 14.3 Å². The second kappa shape index (κ2) is 5.26. The molecule has 1 heterocycles. The van der Waals surface area contributed by atoms with E-state index < -0.39 is 6.10 Å². The molecule has 4 heteroatoms. The van der Waals surface area contributed by atoms with E-state index >= 15 is 0 Å². The molecular formula is C11H19NO3. The molecule has 1 saturated heterocycles. The number of hydrogen-bond acceptors (Lipinski definition) is 3. The van der Waals surface area contributed by atoms with Crippen molar-refractivity contribution in [3.8, 4) is 0 Å². The Labute approximate surface area is 90.6 Å². The molecule has 86 valence electrons. The first-order valence-corrected chi connectivity index (χ1v) is 5.39. The predicted octanol–water partition coefficient (Wildman–Crippen LogP) is 0.991. The van der Waals surface area contributed by atoms with Crippen LogP contribution in [0.5, 0.6) is 0 Å². The zero-order chi connectivity index (χ0) is 11.4. The van der Waals surface area contributed by atoms with Gasteiger partial charge in [0.2, 0.25) is 0 Å². The van der Waals surface area contributed by atoms with Crippen LogP contribution in [-0.2, 0) is 14.3 Å². The van der Waals surface area contributed by atoms with Gasteiger partial charge in [0.05, 0.1) is 0 Å². The summed E-state index contributed by atoms with van der Waals surface area (Å²) in [7, 11) is 1.53. The van der Waals surface area contributed by atoms with Crippen LogP contribution < -0.4 is 0 Å². The van der Waals surface area contributed by atoms with Crippen molar-refractivity contribution in [3.05, 3.63) is 0 Å². The van der Waals surface area contributed by atoms with E-state index in [9.17, 15) is 9.59 Å². The quantitative estimate of drug-likeness (QED) is 0.699. The standard InChI is InChI=1S/C11H19NO3/c1-8(13)7-10-5-4-6-12(10)11(14)9(2)15-3/h9-10H,4-7H2,1-3H3. The van der Waals surface area contributed by atoms with E-state index in [4.69, 9.17) is 4.74 Å². The lowest BCUT2D eigenvalue weighted by Gasteiger charge is -2.26. The number of ether oxygens (including phenoxy) is 1. The third kappa shape index (κ3) is 3.02. The van der Waals surface area contributed by atoms with Crippen molar-refractivity contribution in [3.63, 3.8) is 0 Å². The van der Waals surface area contributed by atoms with Gasteiger partial charge in [0, 0.05) is 26.1 Å². The number of carbonyl (C=O) groups excluding carboxylic acids is 2. The molecule has 0 aromatic heterocycles. The van der Waals surface area contributed by atoms with Crippen molar-refractivity contribution in [1.29, 1.82) is 0 Å². The number of ketones is 1. The number of hydrogen-bond donors (Lipinski definition) is 0. The molecule has 1 fully saturated rings. The molecular weight excluding hydrogens is 194 g/mol. The van der Waals surface area contributed by atoms with E-state index in [1.165, 1.54) is 7.11 Å². The van der Waals surface area contributed by atoms with Crippen molar-refractivity contribution in [2.24, 2.45) is 0 Å². The van der Waals surface area contributed by atoms with Crippen LogP contribution in [0, 0.1) is 0 Å². The molecule has 0 radical (unpaired) electrons. The van der Waals surface area contributed by atoms with Gasteiger partial charge in [-0.1, -0.05) is 0 Å². The summed E-state index contributed by atoms with van der Waals surface area (Å²) in [6.45, 7) is 4.07. The lowest BCUT2D eigenvalue weighted by molar-refractivity contribution is -0.142. The first-order chi connectivity index (χ1) is 7.06. The molecule has 2 unspecified atom stereocenters. The average Bonchev–Trinajstić information content (AvgIpc) is 2.62. The lowest BCUT2D eigenvalue weighted by atomic mass is 10.1. The average molecular weight is 213 g/mol. The van der Waals surface area contributed by atoms with Crippen molar-refractivity contribution in [1.82, 2.24) is 4.90 Å². The van der Waals surface area contributed by atoms with Gasteiger partial charge in [0.1, 0.15) is 11.9 Å². The molecule has 0 aromatic carbocycles. The van der Waals surface area contributed by atoms with Gasteiger partial charge >= 0.3 is 0 Å². The monoisotopic (exact) mass is 213 g/mol. The van der Waals surface area contributed by atoms with Crippen LogP contribution >= 0.6 is 0 Å². The minimum absolute atomic E-state index is 0.00116. The Balaban J connectivity index is 2.59. The minimum atomic E-state index is -0.405. The number of Topliss-reactive ketones (excluding diaryl/α,β-unsaturated/α-hetero) is 1. The molecule has 4 nitrogen and oxygen atoms in total. The highest BCUT2D eigenvalue weighted by atomic mass is 16.5. The number of likely N-dealkylation sites (tertiary alicyclic amines) is 1. The van der Waals surface area contributed by atoms with Gasteiger partial charge in [0.25, 0.3) is 5.91 Å². The molecule has 0 aromatic rings. The fourth-order valence-corrected chi connectivity index (χ4v) is 2.00. The highest BCUT2D eigenvalue weighted by Gasteiger charge is 2.31. The number of methoxy groups -OCH3 is 1. The van der Waals surface area contributed by atoms with Crippen LogP contribution in [0.15, 0.2) is 0 Å². The molecule has 1 aliphatic rings. The Morgan fingerprint density at radius 1 is 1.53 bits per heavy atom. The first kappa shape index (κ1) is 12.2. The van der Waals surface area contributed by atoms with E-state index in [2.05, 4.69) is 0 Å². The van der Waals surface area contributed by atoms with Gasteiger partial charge in [-0.25, -0.2) is 0 Å². The maximum atomic E-state index is 11.9. The fraction of sp³-hybridized carbons (Fsp3) is 0.818. The zero-order valence-electron chi connectivity index (χ0n) is 9.66. The Bertz CT molecular complexity index is 252. The first-order valence-electron chi connectivity index (χ1n) is 5.39. The van der Waals surface area contributed by atoms with E-state index in [0.717, 1.165) is 19.4 Å². The SMILES string of the molecule is COC(C)C(=O)N1CCCC1CC(C)=O. The minimum Gasteiger partial charge on any atom is -0.372 e. The molecule has 1 amide bonds. The summed E-state index contributed by atoms with van der Waals surface area (Å²) < 4.78 is 5.00. The summed E-state index contributed by atoms with van der Waals surface area (Å²) in [4.78, 5) is 24.7. The summed E-state index contributed by atoms with van der Waals surface area (Å²) in [5.41, 5.74) is 0. The highest BCUT2D eigenvalue weighted by molar-refractivity contribution is 5.82. The summed E-state index contributed by atoms with van der Waals surface area (Å²) in [6, 6.07) is 0.0904. The van der Waals surface area contributed by atoms with Crippen LogP contribution in [0.4, 0.5) is 0 Å². The number of rotatable bonds is 4. The van der Waals surface area contributed by atoms with Gasteiger partial charge in [-0.3, -0.25) is 9.59 Å². The molecule has 0 bridgehead atoms. The number of amides is 1. The summed E-state index contributed by atoms with van der Waals surface area (Å²) in [6.07, 6.45) is 1.99. The second-order valence-corrected chi connectivity index (χ2v) is 4.11. The Morgan fingerprint density at radius 3 is 2.73 bits per heavy atom. The topological polar surface area (TPSA) is 46.6 Å². The van der Waals surface area contributed by atoms with Gasteiger partial charge in [-0.2, -0.15) is 0 Å². The fourth-order valence-electron chi connectivity index (χ4n) is 2.00. The number of nitrogens with zero attached hydrogens (tertiary/aromatic N) is 1. The molecule has 1 rings (SSSR count). The van der Waals surface area contributed by atoms with Crippen LogP contribution in [0.3, 0.4) is 0 Å². The lowest BCUT2D eigenvalue weighted by Crippen LogP contribution is -2.42. The third-order valence-corrected chi connectivity index (χ3v) is 2.88. The zero-order valence-corrected chi connectivity index (χ0v) is 9.66. The smallest absolute Gasteiger partial charge is 0.251 e. The van der Waals surface area contributed by atoms with Crippen molar-refractivity contribution in [2.75, 3.05) is 13.7 Å². The second-order valence-electron chi connectivity index (χ2n) is 4.11. The third-order valence-electron chi connectivity index (χ3n) is 2.88. The maximum Gasteiger partial charge on any atom is 0.251 e. The van der Waals surface area contributed by atoms with Gasteiger partial charge in [-0.05, 0) is 26.7 Å². The van der Waals surface area contributed by atoms with Crippen LogP contribution in [0.2, 0.25) is 0 Å². The van der Waals surface area contributed by atoms with Crippen molar-refractivity contribution >= 4 is 11.7 Å². The predicted molar refractivity (Wildman–Crippen MR) is 56.5 cm³/mol. The largest absolute Gasteiger partial charge is 0.372 e. The summed E-state index contributed by atoms with van der Waals surface area (Å²) >= 11 is 0. The van der Waals surface area contributed by atoms with Crippen LogP contribution in [0.1, 0.15) is 33.1 Å². The molecule has 2 atom stereocenters. The Morgan fingerprint density at radius 2 is 2.20 bits per heavy atom. The van der Waals surface area contributed by atoms with E-state index in [0.29, 0.717) is 6.42 Å². The molecule has 0 saturated carbocycles. The number of carbonyl (C=O) groups is 2. The molecule has 0 N–H and O–H groups in total. The van der Waals surface area contributed by atoms with E-state index in [1.54, 1.807) is 18.7 Å². The molecule has 0 spiro atoms. The van der Waals surface area contributed by atoms with Crippen molar-refractivity contribution in [2.45, 2.75) is 45.3 Å². The Kier molecular flexibility index (Phi) is 4.27. The highest BCUT2D eigenvalue weighted by Crippen LogP contribution is 2.21. The van der Waals surface area contributed by atoms with Gasteiger partial charge in [0.15, 0.2) is 0 Å². The van der Waals surface area contributed by atoms with Crippen LogP contribution in [0.25, 0.3) is 0 Å². The van der Waals surface area contributed by atoms with Gasteiger partial charge < -0.3 is 9.64 Å². The Hall–Kier alpha value is -0.900. The van der Waals surface area contributed by atoms with Gasteiger partial charge in [-0.15, -0.1) is 0 Å².